The van der Waals surface area contributed by atoms with Gasteiger partial charge in [-0.2, -0.15) is 0 Å². The van der Waals surface area contributed by atoms with Crippen LogP contribution in [0.25, 0.3) is 0 Å². The van der Waals surface area contributed by atoms with Crippen LogP contribution >= 0.6 is 0 Å². The monoisotopic (exact) mass is 263 g/mol. The van der Waals surface area contributed by atoms with Crippen molar-refractivity contribution in [2.45, 2.75) is 32.7 Å². The Balaban J connectivity index is 2.23. The molecule has 0 aromatic carbocycles. The Morgan fingerprint density at radius 1 is 1.26 bits per heavy atom. The van der Waals surface area contributed by atoms with Crippen molar-refractivity contribution < 1.29 is 0 Å². The highest BCUT2D eigenvalue weighted by Gasteiger charge is 2.17. The molecule has 0 radical (unpaired) electrons. The van der Waals surface area contributed by atoms with Gasteiger partial charge in [0.05, 0.1) is 17.6 Å². The molecule has 1 aromatic heterocycles. The number of rotatable bonds is 3. The molecular formula is C14H25N5. The van der Waals surface area contributed by atoms with Crippen LogP contribution in [0.2, 0.25) is 0 Å². The normalized spacial score (nSPS) is 17.8. The average Bonchev–Trinajstić information content (AvgIpc) is 2.62. The van der Waals surface area contributed by atoms with Crippen LogP contribution in [0.1, 0.15) is 37.7 Å². The van der Waals surface area contributed by atoms with E-state index in [0.717, 1.165) is 43.4 Å². The molecule has 2 heterocycles. The summed E-state index contributed by atoms with van der Waals surface area (Å²) in [5, 5.41) is 0. The summed E-state index contributed by atoms with van der Waals surface area (Å²) in [6.45, 7) is 9.00. The van der Waals surface area contributed by atoms with Gasteiger partial charge in [0.25, 0.3) is 0 Å². The van der Waals surface area contributed by atoms with Gasteiger partial charge in [0, 0.05) is 32.1 Å². The Bertz CT molecular complexity index is 418. The van der Waals surface area contributed by atoms with Crippen LogP contribution in [0, 0.1) is 0 Å². The lowest BCUT2D eigenvalue weighted by atomic mass is 10.2. The van der Waals surface area contributed by atoms with E-state index in [-0.39, 0.29) is 0 Å². The van der Waals surface area contributed by atoms with Gasteiger partial charge in [-0.25, -0.2) is 9.97 Å². The summed E-state index contributed by atoms with van der Waals surface area (Å²) < 4.78 is 0. The molecule has 0 spiro atoms. The van der Waals surface area contributed by atoms with Crippen LogP contribution in [0.3, 0.4) is 0 Å². The van der Waals surface area contributed by atoms with Gasteiger partial charge in [-0.15, -0.1) is 0 Å². The fourth-order valence-electron chi connectivity index (χ4n) is 2.41. The highest BCUT2D eigenvalue weighted by atomic mass is 15.2. The van der Waals surface area contributed by atoms with Gasteiger partial charge < -0.3 is 15.5 Å². The standard InChI is InChI=1S/C14H25N5/c1-11(2)14-16-10-13(12(9-15)17-14)19-6-4-5-18(3)7-8-19/h10-11H,4-9,15H2,1-3H3. The molecule has 0 bridgehead atoms. The largest absolute Gasteiger partial charge is 0.367 e. The van der Waals surface area contributed by atoms with Crippen molar-refractivity contribution in [1.29, 1.82) is 0 Å². The van der Waals surface area contributed by atoms with Gasteiger partial charge in [0.1, 0.15) is 5.82 Å². The molecule has 1 saturated heterocycles. The summed E-state index contributed by atoms with van der Waals surface area (Å²) in [5.41, 5.74) is 7.95. The van der Waals surface area contributed by atoms with Crippen LogP contribution < -0.4 is 10.6 Å². The molecule has 0 atom stereocenters. The van der Waals surface area contributed by atoms with Crippen LogP contribution in [-0.4, -0.2) is 48.1 Å². The number of hydrogen-bond donors (Lipinski definition) is 1. The summed E-state index contributed by atoms with van der Waals surface area (Å²) in [6.07, 6.45) is 3.13. The summed E-state index contributed by atoms with van der Waals surface area (Å²) in [4.78, 5) is 13.9. The third-order valence-electron chi connectivity index (χ3n) is 3.63. The molecule has 5 nitrogen and oxygen atoms in total. The van der Waals surface area contributed by atoms with Crippen molar-refractivity contribution in [3.05, 3.63) is 17.7 Å². The molecule has 0 unspecified atom stereocenters. The zero-order valence-corrected chi connectivity index (χ0v) is 12.3. The van der Waals surface area contributed by atoms with Crippen molar-refractivity contribution in [2.24, 2.45) is 5.73 Å². The van der Waals surface area contributed by atoms with Crippen LogP contribution in [0.4, 0.5) is 5.69 Å². The Hall–Kier alpha value is -1.20. The third kappa shape index (κ3) is 3.42. The minimum absolute atomic E-state index is 0.342. The van der Waals surface area contributed by atoms with Crippen molar-refractivity contribution in [1.82, 2.24) is 14.9 Å². The molecule has 1 aliphatic rings. The molecule has 5 heteroatoms. The first-order valence-corrected chi connectivity index (χ1v) is 7.11. The minimum atomic E-state index is 0.342. The Morgan fingerprint density at radius 2 is 2.05 bits per heavy atom. The fourth-order valence-corrected chi connectivity index (χ4v) is 2.41. The second kappa shape index (κ2) is 6.30. The minimum Gasteiger partial charge on any atom is -0.367 e. The zero-order chi connectivity index (χ0) is 13.8. The number of likely N-dealkylation sites (N-methyl/N-ethyl adjacent to an activating group) is 1. The molecule has 0 saturated carbocycles. The van der Waals surface area contributed by atoms with Crippen LogP contribution in [0.5, 0.6) is 0 Å². The van der Waals surface area contributed by atoms with Gasteiger partial charge in [-0.05, 0) is 20.0 Å². The van der Waals surface area contributed by atoms with E-state index in [1.165, 1.54) is 6.42 Å². The van der Waals surface area contributed by atoms with E-state index in [9.17, 15) is 0 Å². The fraction of sp³-hybridized carbons (Fsp3) is 0.714. The molecule has 1 aromatic rings. The van der Waals surface area contributed by atoms with Crippen LogP contribution in [-0.2, 0) is 6.54 Å². The lowest BCUT2D eigenvalue weighted by Gasteiger charge is -2.24. The molecule has 2 N–H and O–H groups in total. The lowest BCUT2D eigenvalue weighted by molar-refractivity contribution is 0.360. The van der Waals surface area contributed by atoms with Crippen molar-refractivity contribution in [3.63, 3.8) is 0 Å². The van der Waals surface area contributed by atoms with E-state index in [1.807, 2.05) is 6.20 Å². The van der Waals surface area contributed by atoms with Gasteiger partial charge in [0.2, 0.25) is 0 Å². The highest BCUT2D eigenvalue weighted by Crippen LogP contribution is 2.21. The number of nitrogens with two attached hydrogens (primary N) is 1. The van der Waals surface area contributed by atoms with Gasteiger partial charge in [0.15, 0.2) is 0 Å². The predicted molar refractivity (Wildman–Crippen MR) is 78.3 cm³/mol. The highest BCUT2D eigenvalue weighted by molar-refractivity contribution is 5.49. The zero-order valence-electron chi connectivity index (χ0n) is 12.3. The van der Waals surface area contributed by atoms with Crippen LogP contribution in [0.15, 0.2) is 6.20 Å². The first-order valence-electron chi connectivity index (χ1n) is 7.11. The first-order chi connectivity index (χ1) is 9.11. The maximum absolute atomic E-state index is 5.87. The Morgan fingerprint density at radius 3 is 2.74 bits per heavy atom. The summed E-state index contributed by atoms with van der Waals surface area (Å²) in [7, 11) is 2.17. The van der Waals surface area contributed by atoms with E-state index < -0.39 is 0 Å². The Labute approximate surface area is 115 Å². The quantitative estimate of drug-likeness (QED) is 0.888. The van der Waals surface area contributed by atoms with Gasteiger partial charge in [-0.1, -0.05) is 13.8 Å². The third-order valence-corrected chi connectivity index (χ3v) is 3.63. The summed E-state index contributed by atoms with van der Waals surface area (Å²) >= 11 is 0. The topological polar surface area (TPSA) is 58.3 Å². The van der Waals surface area contributed by atoms with Crippen molar-refractivity contribution in [3.8, 4) is 0 Å². The number of anilines is 1. The van der Waals surface area contributed by atoms with Crippen molar-refractivity contribution in [2.75, 3.05) is 38.1 Å². The predicted octanol–water partition coefficient (Wildman–Crippen LogP) is 1.20. The first kappa shape index (κ1) is 14.2. The maximum Gasteiger partial charge on any atom is 0.131 e. The maximum atomic E-state index is 5.87. The molecule has 0 aliphatic carbocycles. The summed E-state index contributed by atoms with van der Waals surface area (Å²) in [5.74, 6) is 1.23. The molecule has 1 fully saturated rings. The van der Waals surface area contributed by atoms with E-state index in [4.69, 9.17) is 5.73 Å². The number of hydrogen-bond acceptors (Lipinski definition) is 5. The number of aromatic nitrogens is 2. The second-order valence-corrected chi connectivity index (χ2v) is 5.56. The van der Waals surface area contributed by atoms with Gasteiger partial charge >= 0.3 is 0 Å². The SMILES string of the molecule is CC(C)c1ncc(N2CCCN(C)CC2)c(CN)n1. The van der Waals surface area contributed by atoms with E-state index in [0.29, 0.717) is 12.5 Å². The lowest BCUT2D eigenvalue weighted by Crippen LogP contribution is -2.30. The molecule has 19 heavy (non-hydrogen) atoms. The molecule has 0 amide bonds. The van der Waals surface area contributed by atoms with Gasteiger partial charge in [-0.3, -0.25) is 0 Å². The van der Waals surface area contributed by atoms with E-state index in [1.54, 1.807) is 0 Å². The van der Waals surface area contributed by atoms with E-state index >= 15 is 0 Å². The average molecular weight is 263 g/mol. The summed E-state index contributed by atoms with van der Waals surface area (Å²) in [6, 6.07) is 0. The molecule has 106 valence electrons. The molecular weight excluding hydrogens is 238 g/mol. The smallest absolute Gasteiger partial charge is 0.131 e. The molecule has 2 rings (SSSR count). The molecule has 1 aliphatic heterocycles. The Kier molecular flexibility index (Phi) is 4.71. The van der Waals surface area contributed by atoms with E-state index in [2.05, 4.69) is 40.7 Å². The van der Waals surface area contributed by atoms with Crippen molar-refractivity contribution >= 4 is 5.69 Å². The number of nitrogens with zero attached hydrogens (tertiary/aromatic N) is 4. The second-order valence-electron chi connectivity index (χ2n) is 5.56.